The Hall–Kier alpha value is -0.620. The molecule has 0 unspecified atom stereocenters. The standard InChI is InChI=1S/C9H11Cl2N3O2/c10-7-5-12-14(9(15)8(7)11)6-13-1-3-16-4-2-13/h5H,1-4,6H2/p+1. The number of halogens is 2. The number of nitrogens with zero attached hydrogens (tertiary/aromatic N) is 2. The van der Waals surface area contributed by atoms with Crippen LogP contribution in [0.5, 0.6) is 0 Å². The molecule has 1 fully saturated rings. The number of hydrogen-bond acceptors (Lipinski definition) is 3. The summed E-state index contributed by atoms with van der Waals surface area (Å²) in [5.41, 5.74) is -0.340. The van der Waals surface area contributed by atoms with Crippen LogP contribution in [-0.4, -0.2) is 36.1 Å². The molecule has 2 heterocycles. The van der Waals surface area contributed by atoms with Crippen molar-refractivity contribution in [2.75, 3.05) is 26.3 Å². The van der Waals surface area contributed by atoms with Gasteiger partial charge in [0.05, 0.1) is 24.4 Å². The Labute approximate surface area is 103 Å². The fraction of sp³-hybridized carbons (Fsp3) is 0.556. The van der Waals surface area contributed by atoms with E-state index in [4.69, 9.17) is 27.9 Å². The van der Waals surface area contributed by atoms with E-state index >= 15 is 0 Å². The normalized spacial score (nSPS) is 17.6. The van der Waals surface area contributed by atoms with Gasteiger partial charge in [0.2, 0.25) is 0 Å². The van der Waals surface area contributed by atoms with Crippen molar-refractivity contribution in [1.29, 1.82) is 0 Å². The molecule has 1 aromatic rings. The van der Waals surface area contributed by atoms with Gasteiger partial charge in [0.1, 0.15) is 18.1 Å². The predicted molar refractivity (Wildman–Crippen MR) is 60.0 cm³/mol. The summed E-state index contributed by atoms with van der Waals surface area (Å²) in [6, 6.07) is 0. The lowest BCUT2D eigenvalue weighted by Crippen LogP contribution is -3.13. The first-order valence-corrected chi connectivity index (χ1v) is 5.76. The number of quaternary nitrogens is 1. The smallest absolute Gasteiger partial charge is 0.291 e. The van der Waals surface area contributed by atoms with Crippen LogP contribution < -0.4 is 10.5 Å². The van der Waals surface area contributed by atoms with Crippen LogP contribution in [0.15, 0.2) is 11.0 Å². The van der Waals surface area contributed by atoms with Gasteiger partial charge in [-0.3, -0.25) is 4.79 Å². The van der Waals surface area contributed by atoms with Crippen LogP contribution in [0.3, 0.4) is 0 Å². The van der Waals surface area contributed by atoms with E-state index in [1.54, 1.807) is 0 Å². The summed E-state index contributed by atoms with van der Waals surface area (Å²) in [5.74, 6) is 0. The highest BCUT2D eigenvalue weighted by Gasteiger charge is 2.16. The average molecular weight is 265 g/mol. The summed E-state index contributed by atoms with van der Waals surface area (Å²) in [4.78, 5) is 13.0. The van der Waals surface area contributed by atoms with Gasteiger partial charge in [-0.1, -0.05) is 23.2 Å². The summed E-state index contributed by atoms with van der Waals surface area (Å²) in [7, 11) is 0. The third-order valence-electron chi connectivity index (χ3n) is 2.52. The number of nitrogens with one attached hydrogen (secondary N) is 1. The summed E-state index contributed by atoms with van der Waals surface area (Å²) >= 11 is 11.5. The Balaban J connectivity index is 2.15. The maximum Gasteiger partial charge on any atom is 0.291 e. The van der Waals surface area contributed by atoms with Crippen LogP contribution in [0.4, 0.5) is 0 Å². The fourth-order valence-corrected chi connectivity index (χ4v) is 1.86. The molecule has 0 radical (unpaired) electrons. The summed E-state index contributed by atoms with van der Waals surface area (Å²) in [6.45, 7) is 3.67. The number of aromatic nitrogens is 2. The number of hydrogen-bond donors (Lipinski definition) is 1. The molecule has 2 rings (SSSR count). The summed E-state index contributed by atoms with van der Waals surface area (Å²) in [6.07, 6.45) is 1.39. The predicted octanol–water partition coefficient (Wildman–Crippen LogP) is -0.577. The second-order valence-electron chi connectivity index (χ2n) is 3.63. The van der Waals surface area contributed by atoms with Crippen LogP contribution in [0.2, 0.25) is 10.0 Å². The molecule has 1 aliphatic rings. The highest BCUT2D eigenvalue weighted by molar-refractivity contribution is 6.41. The first-order chi connectivity index (χ1) is 7.68. The van der Waals surface area contributed by atoms with E-state index in [-0.39, 0.29) is 15.6 Å². The van der Waals surface area contributed by atoms with Crippen molar-refractivity contribution >= 4 is 23.2 Å². The first-order valence-electron chi connectivity index (χ1n) is 5.01. The highest BCUT2D eigenvalue weighted by atomic mass is 35.5. The third kappa shape index (κ3) is 2.55. The van der Waals surface area contributed by atoms with Crippen molar-refractivity contribution in [2.24, 2.45) is 0 Å². The number of rotatable bonds is 2. The molecule has 1 N–H and O–H groups in total. The van der Waals surface area contributed by atoms with Crippen molar-refractivity contribution < 1.29 is 9.64 Å². The topological polar surface area (TPSA) is 48.6 Å². The van der Waals surface area contributed by atoms with Gasteiger partial charge in [0.15, 0.2) is 6.67 Å². The monoisotopic (exact) mass is 264 g/mol. The van der Waals surface area contributed by atoms with E-state index in [2.05, 4.69) is 5.10 Å². The SMILES string of the molecule is O=c1c(Cl)c(Cl)cnn1C[NH+]1CCOCC1. The summed E-state index contributed by atoms with van der Waals surface area (Å²) < 4.78 is 6.58. The molecule has 1 saturated heterocycles. The van der Waals surface area contributed by atoms with E-state index in [9.17, 15) is 4.79 Å². The molecule has 0 aliphatic carbocycles. The minimum absolute atomic E-state index is 0.0318. The van der Waals surface area contributed by atoms with Crippen LogP contribution in [0, 0.1) is 0 Å². The quantitative estimate of drug-likeness (QED) is 0.778. The van der Waals surface area contributed by atoms with Gasteiger partial charge >= 0.3 is 0 Å². The minimum Gasteiger partial charge on any atom is -0.370 e. The second kappa shape index (κ2) is 5.14. The van der Waals surface area contributed by atoms with Gasteiger partial charge in [-0.15, -0.1) is 0 Å². The van der Waals surface area contributed by atoms with E-state index in [1.807, 2.05) is 0 Å². The van der Waals surface area contributed by atoms with Gasteiger partial charge in [-0.25, -0.2) is 0 Å². The molecule has 5 nitrogen and oxygen atoms in total. The van der Waals surface area contributed by atoms with Crippen LogP contribution in [-0.2, 0) is 11.4 Å². The van der Waals surface area contributed by atoms with Gasteiger partial charge in [0.25, 0.3) is 5.56 Å². The third-order valence-corrected chi connectivity index (χ3v) is 3.26. The molecule has 1 aliphatic heterocycles. The zero-order valence-electron chi connectivity index (χ0n) is 8.58. The van der Waals surface area contributed by atoms with E-state index < -0.39 is 0 Å². The van der Waals surface area contributed by atoms with Crippen LogP contribution in [0.1, 0.15) is 0 Å². The number of morpholine rings is 1. The van der Waals surface area contributed by atoms with Crippen molar-refractivity contribution in [2.45, 2.75) is 6.67 Å². The van der Waals surface area contributed by atoms with Gasteiger partial charge in [0, 0.05) is 0 Å². The van der Waals surface area contributed by atoms with E-state index in [0.717, 1.165) is 13.1 Å². The molecule has 0 aromatic carbocycles. The molecule has 1 aromatic heterocycles. The second-order valence-corrected chi connectivity index (χ2v) is 4.42. The molecule has 0 spiro atoms. The Morgan fingerprint density at radius 1 is 1.44 bits per heavy atom. The average Bonchev–Trinajstić information content (AvgIpc) is 2.31. The maximum absolute atomic E-state index is 11.7. The van der Waals surface area contributed by atoms with Crippen LogP contribution in [0.25, 0.3) is 0 Å². The molecule has 0 bridgehead atoms. The Kier molecular flexibility index (Phi) is 3.81. The maximum atomic E-state index is 11.7. The van der Waals surface area contributed by atoms with E-state index in [0.29, 0.717) is 19.9 Å². The molecule has 0 atom stereocenters. The lowest BCUT2D eigenvalue weighted by molar-refractivity contribution is -0.931. The van der Waals surface area contributed by atoms with Crippen LogP contribution >= 0.6 is 23.2 Å². The molecule has 0 amide bonds. The lowest BCUT2D eigenvalue weighted by Gasteiger charge is -2.23. The largest absolute Gasteiger partial charge is 0.370 e. The fourth-order valence-electron chi connectivity index (χ4n) is 1.59. The van der Waals surface area contributed by atoms with Gasteiger partial charge in [-0.2, -0.15) is 9.78 Å². The number of ether oxygens (including phenoxy) is 1. The zero-order valence-corrected chi connectivity index (χ0v) is 10.1. The minimum atomic E-state index is -0.340. The zero-order chi connectivity index (χ0) is 11.5. The van der Waals surface area contributed by atoms with Gasteiger partial charge in [-0.05, 0) is 0 Å². The van der Waals surface area contributed by atoms with Crippen molar-refractivity contribution in [3.8, 4) is 0 Å². The Morgan fingerprint density at radius 3 is 2.81 bits per heavy atom. The molecule has 88 valence electrons. The van der Waals surface area contributed by atoms with Crippen molar-refractivity contribution in [1.82, 2.24) is 9.78 Å². The molecule has 7 heteroatoms. The molecular formula is C9H12Cl2N3O2+. The molecular weight excluding hydrogens is 253 g/mol. The van der Waals surface area contributed by atoms with E-state index in [1.165, 1.54) is 15.8 Å². The molecule has 16 heavy (non-hydrogen) atoms. The highest BCUT2D eigenvalue weighted by Crippen LogP contribution is 2.14. The first kappa shape index (κ1) is 11.9. The van der Waals surface area contributed by atoms with Crippen molar-refractivity contribution in [3.63, 3.8) is 0 Å². The lowest BCUT2D eigenvalue weighted by atomic mass is 10.4. The Morgan fingerprint density at radius 2 is 2.12 bits per heavy atom. The Bertz CT molecular complexity index is 429. The van der Waals surface area contributed by atoms with Crippen molar-refractivity contribution in [3.05, 3.63) is 26.6 Å². The molecule has 0 saturated carbocycles. The summed E-state index contributed by atoms with van der Waals surface area (Å²) in [5, 5.41) is 4.18. The van der Waals surface area contributed by atoms with Gasteiger partial charge < -0.3 is 9.64 Å².